The quantitative estimate of drug-likeness (QED) is 0.659. The second-order valence-electron chi connectivity index (χ2n) is 6.59. The van der Waals surface area contributed by atoms with E-state index in [1.54, 1.807) is 6.20 Å². The summed E-state index contributed by atoms with van der Waals surface area (Å²) >= 11 is 0. The lowest BCUT2D eigenvalue weighted by atomic mass is 10.1. The van der Waals surface area contributed by atoms with Gasteiger partial charge in [-0.05, 0) is 50.5 Å². The van der Waals surface area contributed by atoms with E-state index in [2.05, 4.69) is 71.5 Å². The fourth-order valence-electron chi connectivity index (χ4n) is 2.83. The highest BCUT2D eigenvalue weighted by molar-refractivity contribution is 5.70. The van der Waals surface area contributed by atoms with Crippen LogP contribution in [0.2, 0.25) is 0 Å². The van der Waals surface area contributed by atoms with Gasteiger partial charge in [0.1, 0.15) is 5.82 Å². The van der Waals surface area contributed by atoms with E-state index in [9.17, 15) is 0 Å². The highest BCUT2D eigenvalue weighted by atomic mass is 15.2. The van der Waals surface area contributed by atoms with Crippen LogP contribution in [0.4, 0.5) is 17.5 Å². The zero-order valence-electron chi connectivity index (χ0n) is 15.7. The number of anilines is 3. The van der Waals surface area contributed by atoms with Crippen LogP contribution in [0, 0.1) is 6.92 Å². The fourth-order valence-corrected chi connectivity index (χ4v) is 2.83. The first-order valence-electron chi connectivity index (χ1n) is 8.98. The Morgan fingerprint density at radius 1 is 1.08 bits per heavy atom. The minimum atomic E-state index is 0.247. The monoisotopic (exact) mass is 347 g/mol. The van der Waals surface area contributed by atoms with Gasteiger partial charge in [0.05, 0.1) is 5.69 Å². The minimum absolute atomic E-state index is 0.247. The Kier molecular flexibility index (Phi) is 5.46. The molecule has 0 aliphatic carbocycles. The lowest BCUT2D eigenvalue weighted by molar-refractivity contribution is 0.875. The summed E-state index contributed by atoms with van der Waals surface area (Å²) in [7, 11) is 0. The minimum Gasteiger partial charge on any atom is -0.352 e. The number of hydrogen-bond donors (Lipinski definition) is 2. The van der Waals surface area contributed by atoms with Crippen molar-refractivity contribution in [3.8, 4) is 11.3 Å². The van der Waals surface area contributed by atoms with Gasteiger partial charge < -0.3 is 10.6 Å². The largest absolute Gasteiger partial charge is 0.352 e. The third-order valence-electron chi connectivity index (χ3n) is 4.09. The van der Waals surface area contributed by atoms with E-state index in [0.29, 0.717) is 5.95 Å². The zero-order chi connectivity index (χ0) is 18.5. The summed E-state index contributed by atoms with van der Waals surface area (Å²) in [6.45, 7) is 8.41. The first-order chi connectivity index (χ1) is 12.6. The van der Waals surface area contributed by atoms with Crippen molar-refractivity contribution in [2.45, 2.75) is 40.2 Å². The molecule has 3 aromatic rings. The van der Waals surface area contributed by atoms with Crippen molar-refractivity contribution in [2.24, 2.45) is 0 Å². The van der Waals surface area contributed by atoms with Gasteiger partial charge in [0.2, 0.25) is 5.95 Å². The molecule has 3 rings (SSSR count). The Balaban J connectivity index is 2.04. The number of nitrogens with zero attached hydrogens (tertiary/aromatic N) is 3. The molecule has 5 nitrogen and oxygen atoms in total. The van der Waals surface area contributed by atoms with Crippen LogP contribution in [0.1, 0.15) is 31.9 Å². The van der Waals surface area contributed by atoms with Gasteiger partial charge >= 0.3 is 0 Å². The summed E-state index contributed by atoms with van der Waals surface area (Å²) in [5.41, 5.74) is 5.38. The summed E-state index contributed by atoms with van der Waals surface area (Å²) in [6, 6.07) is 12.5. The number of para-hydroxylation sites is 1. The molecule has 0 amide bonds. The third kappa shape index (κ3) is 4.17. The SMILES string of the molecule is CCc1cccc(C)c1Nc1cc(-c2cccnc2)nc(NC(C)C)n1. The van der Waals surface area contributed by atoms with Gasteiger partial charge in [0, 0.05) is 35.8 Å². The molecule has 1 aromatic carbocycles. The highest BCUT2D eigenvalue weighted by Gasteiger charge is 2.11. The van der Waals surface area contributed by atoms with Gasteiger partial charge in [-0.3, -0.25) is 4.98 Å². The molecule has 0 aliphatic rings. The number of pyridine rings is 1. The van der Waals surface area contributed by atoms with Gasteiger partial charge in [-0.2, -0.15) is 4.98 Å². The van der Waals surface area contributed by atoms with Crippen molar-refractivity contribution in [3.63, 3.8) is 0 Å². The topological polar surface area (TPSA) is 62.7 Å². The molecule has 0 saturated heterocycles. The number of nitrogens with one attached hydrogen (secondary N) is 2. The summed E-state index contributed by atoms with van der Waals surface area (Å²) in [4.78, 5) is 13.5. The van der Waals surface area contributed by atoms with Crippen LogP contribution >= 0.6 is 0 Å². The Morgan fingerprint density at radius 2 is 1.92 bits per heavy atom. The maximum Gasteiger partial charge on any atom is 0.225 e. The van der Waals surface area contributed by atoms with E-state index in [-0.39, 0.29) is 6.04 Å². The average Bonchev–Trinajstić information content (AvgIpc) is 2.63. The maximum absolute atomic E-state index is 4.66. The number of aryl methyl sites for hydroxylation is 2. The van der Waals surface area contributed by atoms with E-state index >= 15 is 0 Å². The first-order valence-corrected chi connectivity index (χ1v) is 8.98. The number of benzene rings is 1. The molecule has 0 saturated carbocycles. The van der Waals surface area contributed by atoms with Crippen molar-refractivity contribution in [1.29, 1.82) is 0 Å². The van der Waals surface area contributed by atoms with Crippen LogP contribution < -0.4 is 10.6 Å². The van der Waals surface area contributed by atoms with Crippen LogP contribution in [0.3, 0.4) is 0 Å². The predicted molar refractivity (Wildman–Crippen MR) is 108 cm³/mol. The van der Waals surface area contributed by atoms with E-state index < -0.39 is 0 Å². The third-order valence-corrected chi connectivity index (χ3v) is 4.09. The molecule has 0 unspecified atom stereocenters. The van der Waals surface area contributed by atoms with Crippen LogP contribution in [-0.2, 0) is 6.42 Å². The molecular weight excluding hydrogens is 322 g/mol. The second-order valence-corrected chi connectivity index (χ2v) is 6.59. The van der Waals surface area contributed by atoms with Crippen molar-refractivity contribution in [3.05, 3.63) is 59.9 Å². The summed E-state index contributed by atoms with van der Waals surface area (Å²) in [6.07, 6.45) is 4.54. The molecule has 0 spiro atoms. The van der Waals surface area contributed by atoms with E-state index in [4.69, 9.17) is 0 Å². The van der Waals surface area contributed by atoms with Crippen LogP contribution in [0.25, 0.3) is 11.3 Å². The molecule has 2 N–H and O–H groups in total. The molecule has 26 heavy (non-hydrogen) atoms. The number of aromatic nitrogens is 3. The standard InChI is InChI=1S/C21H25N5/c1-5-16-9-6-8-15(4)20(16)25-19-12-18(17-10-7-11-22-13-17)24-21(26-19)23-14(2)3/h6-14H,5H2,1-4H3,(H2,23,24,25,26). The maximum atomic E-state index is 4.66. The van der Waals surface area contributed by atoms with Crippen molar-refractivity contribution in [1.82, 2.24) is 15.0 Å². The van der Waals surface area contributed by atoms with Crippen molar-refractivity contribution >= 4 is 17.5 Å². The zero-order valence-corrected chi connectivity index (χ0v) is 15.7. The normalized spacial score (nSPS) is 10.8. The summed E-state index contributed by atoms with van der Waals surface area (Å²) in [5, 5.41) is 6.81. The van der Waals surface area contributed by atoms with Crippen LogP contribution in [0.15, 0.2) is 48.8 Å². The van der Waals surface area contributed by atoms with Gasteiger partial charge in [0.15, 0.2) is 0 Å². The summed E-state index contributed by atoms with van der Waals surface area (Å²) < 4.78 is 0. The van der Waals surface area contributed by atoms with E-state index in [1.165, 1.54) is 11.1 Å². The van der Waals surface area contributed by atoms with Crippen LogP contribution in [0.5, 0.6) is 0 Å². The molecule has 0 fully saturated rings. The number of rotatable bonds is 6. The Morgan fingerprint density at radius 3 is 2.62 bits per heavy atom. The predicted octanol–water partition coefficient (Wildman–Crippen LogP) is 4.97. The van der Waals surface area contributed by atoms with Gasteiger partial charge in [-0.15, -0.1) is 0 Å². The van der Waals surface area contributed by atoms with Gasteiger partial charge in [-0.25, -0.2) is 4.98 Å². The molecule has 0 aliphatic heterocycles. The molecule has 0 radical (unpaired) electrons. The van der Waals surface area contributed by atoms with Crippen molar-refractivity contribution < 1.29 is 0 Å². The first kappa shape index (κ1) is 17.9. The average molecular weight is 347 g/mol. The lowest BCUT2D eigenvalue weighted by Gasteiger charge is -2.16. The number of hydrogen-bond acceptors (Lipinski definition) is 5. The molecule has 0 atom stereocenters. The Bertz CT molecular complexity index is 875. The molecule has 2 aromatic heterocycles. The Labute approximate surface area is 154 Å². The molecule has 5 heteroatoms. The highest BCUT2D eigenvalue weighted by Crippen LogP contribution is 2.27. The Hall–Kier alpha value is -2.95. The van der Waals surface area contributed by atoms with Gasteiger partial charge in [-0.1, -0.05) is 25.1 Å². The smallest absolute Gasteiger partial charge is 0.225 e. The second kappa shape index (κ2) is 7.95. The fraction of sp³-hybridized carbons (Fsp3) is 0.286. The van der Waals surface area contributed by atoms with Crippen LogP contribution in [-0.4, -0.2) is 21.0 Å². The van der Waals surface area contributed by atoms with E-state index in [0.717, 1.165) is 29.2 Å². The molecule has 0 bridgehead atoms. The lowest BCUT2D eigenvalue weighted by Crippen LogP contribution is -2.13. The summed E-state index contributed by atoms with van der Waals surface area (Å²) in [5.74, 6) is 1.38. The molecule has 134 valence electrons. The van der Waals surface area contributed by atoms with Crippen molar-refractivity contribution in [2.75, 3.05) is 10.6 Å². The molecule has 2 heterocycles. The molecular formula is C21H25N5. The van der Waals surface area contributed by atoms with Gasteiger partial charge in [0.25, 0.3) is 0 Å². The van der Waals surface area contributed by atoms with E-state index in [1.807, 2.05) is 24.4 Å².